The first-order valence-corrected chi connectivity index (χ1v) is 9.58. The number of hydrogen-bond acceptors (Lipinski definition) is 6. The maximum absolute atomic E-state index is 12.4. The quantitative estimate of drug-likeness (QED) is 0.268. The predicted octanol–water partition coefficient (Wildman–Crippen LogP) is 2.94. The number of furan rings is 1. The topological polar surface area (TPSA) is 110 Å². The molecule has 0 atom stereocenters. The fourth-order valence-electron chi connectivity index (χ4n) is 2.96. The van der Waals surface area contributed by atoms with E-state index in [0.717, 1.165) is 10.9 Å². The van der Waals surface area contributed by atoms with E-state index in [1.807, 2.05) is 18.2 Å². The van der Waals surface area contributed by atoms with Gasteiger partial charge in [0.15, 0.2) is 5.76 Å². The highest BCUT2D eigenvalue weighted by atomic mass is 16.5. The Bertz CT molecular complexity index is 997. The summed E-state index contributed by atoms with van der Waals surface area (Å²) in [5.74, 6) is 0.00847. The van der Waals surface area contributed by atoms with Gasteiger partial charge in [0.05, 0.1) is 13.2 Å². The van der Waals surface area contributed by atoms with E-state index in [9.17, 15) is 9.59 Å². The minimum Gasteiger partial charge on any atom is -0.494 e. The Morgan fingerprint density at radius 3 is 2.60 bits per heavy atom. The monoisotopic (exact) mass is 412 g/mol. The average Bonchev–Trinajstić information content (AvgIpc) is 3.22. The molecule has 2 aromatic carbocycles. The lowest BCUT2D eigenvalue weighted by Crippen LogP contribution is -2.25. The van der Waals surface area contributed by atoms with Crippen molar-refractivity contribution in [1.82, 2.24) is 10.8 Å². The normalized spacial score (nSPS) is 10.7. The molecule has 158 valence electrons. The molecule has 0 aliphatic carbocycles. The zero-order chi connectivity index (χ0) is 21.3. The van der Waals surface area contributed by atoms with Crippen LogP contribution in [0.15, 0.2) is 52.9 Å². The summed E-state index contributed by atoms with van der Waals surface area (Å²) in [5, 5.41) is 12.3. The summed E-state index contributed by atoms with van der Waals surface area (Å²) < 4.78 is 16.5. The minimum absolute atomic E-state index is 0.272. The van der Waals surface area contributed by atoms with E-state index in [4.69, 9.17) is 19.1 Å². The van der Waals surface area contributed by atoms with Gasteiger partial charge in [0, 0.05) is 24.6 Å². The molecule has 0 saturated heterocycles. The Hall–Kier alpha value is -3.36. The van der Waals surface area contributed by atoms with Crippen LogP contribution in [0.1, 0.15) is 32.9 Å². The van der Waals surface area contributed by atoms with Crippen LogP contribution in [0.5, 0.6) is 5.75 Å². The third kappa shape index (κ3) is 5.37. The van der Waals surface area contributed by atoms with Crippen molar-refractivity contribution < 1.29 is 28.7 Å². The molecule has 8 nitrogen and oxygen atoms in total. The first-order valence-electron chi connectivity index (χ1n) is 9.58. The highest BCUT2D eigenvalue weighted by molar-refractivity contribution is 5.96. The lowest BCUT2D eigenvalue weighted by molar-refractivity contribution is 0.0706. The molecule has 0 bridgehead atoms. The number of methoxy groups -OCH3 is 1. The number of fused-ring (bicyclic) bond motifs is 1. The van der Waals surface area contributed by atoms with Gasteiger partial charge in [-0.2, -0.15) is 0 Å². The molecule has 0 unspecified atom stereocenters. The van der Waals surface area contributed by atoms with E-state index >= 15 is 0 Å². The number of nitrogens with one attached hydrogen (secondary N) is 2. The van der Waals surface area contributed by atoms with Crippen molar-refractivity contribution in [1.29, 1.82) is 0 Å². The molecule has 3 N–H and O–H groups in total. The second kappa shape index (κ2) is 10.4. The summed E-state index contributed by atoms with van der Waals surface area (Å²) in [4.78, 5) is 23.6. The summed E-state index contributed by atoms with van der Waals surface area (Å²) in [6.45, 7) is 1.41. The summed E-state index contributed by atoms with van der Waals surface area (Å²) in [6.07, 6.45) is 1.31. The smallest absolute Gasteiger partial charge is 0.287 e. The van der Waals surface area contributed by atoms with Gasteiger partial charge in [-0.15, -0.1) is 0 Å². The van der Waals surface area contributed by atoms with Gasteiger partial charge in [0.25, 0.3) is 11.8 Å². The van der Waals surface area contributed by atoms with E-state index in [0.29, 0.717) is 49.5 Å². The Balaban J connectivity index is 1.46. The van der Waals surface area contributed by atoms with Crippen molar-refractivity contribution in [3.63, 3.8) is 0 Å². The molecular weight excluding hydrogens is 388 g/mol. The van der Waals surface area contributed by atoms with Crippen molar-refractivity contribution in [3.05, 3.63) is 65.4 Å². The Labute approximate surface area is 173 Å². The van der Waals surface area contributed by atoms with E-state index in [1.165, 1.54) is 0 Å². The zero-order valence-corrected chi connectivity index (χ0v) is 16.6. The lowest BCUT2D eigenvalue weighted by atomic mass is 10.1. The molecule has 0 aliphatic rings. The maximum atomic E-state index is 12.4. The van der Waals surface area contributed by atoms with E-state index in [-0.39, 0.29) is 11.7 Å². The third-order valence-electron chi connectivity index (χ3n) is 4.52. The van der Waals surface area contributed by atoms with Gasteiger partial charge >= 0.3 is 0 Å². The summed E-state index contributed by atoms with van der Waals surface area (Å²) in [6, 6.07) is 13.9. The molecule has 8 heteroatoms. The van der Waals surface area contributed by atoms with E-state index < -0.39 is 5.91 Å². The van der Waals surface area contributed by atoms with Gasteiger partial charge in [0.2, 0.25) is 0 Å². The number of rotatable bonds is 10. The van der Waals surface area contributed by atoms with Gasteiger partial charge in [0.1, 0.15) is 11.3 Å². The Kier molecular flexibility index (Phi) is 7.42. The number of amides is 2. The van der Waals surface area contributed by atoms with Crippen LogP contribution in [-0.2, 0) is 11.2 Å². The molecule has 1 aromatic heterocycles. The van der Waals surface area contributed by atoms with Crippen LogP contribution in [0.4, 0.5) is 0 Å². The number of hydroxylamine groups is 1. The number of para-hydroxylation sites is 1. The molecule has 0 saturated carbocycles. The molecule has 0 spiro atoms. The fraction of sp³-hybridized carbons (Fsp3) is 0.273. The van der Waals surface area contributed by atoms with Crippen LogP contribution in [0.3, 0.4) is 0 Å². The minimum atomic E-state index is -0.583. The van der Waals surface area contributed by atoms with Crippen molar-refractivity contribution in [2.24, 2.45) is 0 Å². The molecule has 3 rings (SSSR count). The van der Waals surface area contributed by atoms with Gasteiger partial charge in [-0.05, 0) is 48.7 Å². The second-order valence-corrected chi connectivity index (χ2v) is 6.61. The summed E-state index contributed by atoms with van der Waals surface area (Å²) >= 11 is 0. The number of carbonyl (C=O) groups excluding carboxylic acids is 2. The third-order valence-corrected chi connectivity index (χ3v) is 4.52. The van der Waals surface area contributed by atoms with Crippen molar-refractivity contribution in [2.45, 2.75) is 12.8 Å². The standard InChI is InChI=1S/C22H24N2O6/c1-28-13-10-15-4-2-5-17-14-19(30-20(15)17)22(26)23-11-3-12-29-18-8-6-16(7-9-18)21(25)24-27/h2,4-9,14,27H,3,10-13H2,1H3,(H,23,26)(H,24,25). The van der Waals surface area contributed by atoms with E-state index in [1.54, 1.807) is 42.9 Å². The molecule has 3 aromatic rings. The largest absolute Gasteiger partial charge is 0.494 e. The molecular formula is C22H24N2O6. The van der Waals surface area contributed by atoms with Gasteiger partial charge in [-0.1, -0.05) is 18.2 Å². The van der Waals surface area contributed by atoms with Crippen LogP contribution in [0, 0.1) is 0 Å². The van der Waals surface area contributed by atoms with Crippen molar-refractivity contribution >= 4 is 22.8 Å². The molecule has 30 heavy (non-hydrogen) atoms. The van der Waals surface area contributed by atoms with Gasteiger partial charge in [-0.3, -0.25) is 14.8 Å². The first kappa shape index (κ1) is 21.4. The van der Waals surface area contributed by atoms with Crippen LogP contribution >= 0.6 is 0 Å². The van der Waals surface area contributed by atoms with Crippen molar-refractivity contribution in [2.75, 3.05) is 26.9 Å². The molecule has 1 heterocycles. The molecule has 0 radical (unpaired) electrons. The zero-order valence-electron chi connectivity index (χ0n) is 16.6. The number of hydrogen-bond donors (Lipinski definition) is 3. The highest BCUT2D eigenvalue weighted by Gasteiger charge is 2.14. The number of carbonyl (C=O) groups is 2. The predicted molar refractivity (Wildman–Crippen MR) is 110 cm³/mol. The van der Waals surface area contributed by atoms with Gasteiger partial charge < -0.3 is 19.2 Å². The Morgan fingerprint density at radius 1 is 1.07 bits per heavy atom. The fourth-order valence-corrected chi connectivity index (χ4v) is 2.96. The number of ether oxygens (including phenoxy) is 2. The SMILES string of the molecule is COCCc1cccc2cc(C(=O)NCCCOc3ccc(C(=O)NO)cc3)oc12. The second-order valence-electron chi connectivity index (χ2n) is 6.61. The molecule has 0 fully saturated rings. The van der Waals surface area contributed by atoms with Crippen LogP contribution < -0.4 is 15.5 Å². The van der Waals surface area contributed by atoms with Crippen LogP contribution in [-0.4, -0.2) is 43.9 Å². The summed E-state index contributed by atoms with van der Waals surface area (Å²) in [7, 11) is 1.65. The van der Waals surface area contributed by atoms with Crippen molar-refractivity contribution in [3.8, 4) is 5.75 Å². The van der Waals surface area contributed by atoms with E-state index in [2.05, 4.69) is 5.32 Å². The maximum Gasteiger partial charge on any atom is 0.287 e. The molecule has 2 amide bonds. The summed E-state index contributed by atoms with van der Waals surface area (Å²) in [5.41, 5.74) is 3.61. The van der Waals surface area contributed by atoms with Gasteiger partial charge in [-0.25, -0.2) is 5.48 Å². The average molecular weight is 412 g/mol. The van der Waals surface area contributed by atoms with Crippen LogP contribution in [0.25, 0.3) is 11.0 Å². The highest BCUT2D eigenvalue weighted by Crippen LogP contribution is 2.23. The van der Waals surface area contributed by atoms with Crippen LogP contribution in [0.2, 0.25) is 0 Å². The molecule has 0 aliphatic heterocycles. The lowest BCUT2D eigenvalue weighted by Gasteiger charge is -2.07. The number of benzene rings is 2. The first-order chi connectivity index (χ1) is 14.6. The Morgan fingerprint density at radius 2 is 1.87 bits per heavy atom.